The molecule has 0 radical (unpaired) electrons. The number of esters is 1. The number of rotatable bonds is 13. The fraction of sp³-hybridized carbons (Fsp3) is 0.303. The number of amidine groups is 1. The number of nitrogens with one attached hydrogen (secondary N) is 5. The van der Waals surface area contributed by atoms with Crippen molar-refractivity contribution >= 4 is 47.8 Å². The third-order valence-corrected chi connectivity index (χ3v) is 6.86. The van der Waals surface area contributed by atoms with Gasteiger partial charge < -0.3 is 35.1 Å². The van der Waals surface area contributed by atoms with Crippen LogP contribution in [0.3, 0.4) is 0 Å². The lowest BCUT2D eigenvalue weighted by atomic mass is 10.1. The lowest BCUT2D eigenvalue weighted by molar-refractivity contribution is -0.153. The number of nitrogens with zero attached hydrogens (tertiary/aromatic N) is 2. The molecule has 4 amide bonds. The Morgan fingerprint density at radius 1 is 0.958 bits per heavy atom. The van der Waals surface area contributed by atoms with Gasteiger partial charge in [-0.2, -0.15) is 0 Å². The molecule has 2 aromatic carbocycles. The maximum atomic E-state index is 13.8. The zero-order valence-corrected chi connectivity index (χ0v) is 27.3. The molecule has 1 heterocycles. The summed E-state index contributed by atoms with van der Waals surface area (Å²) in [6.07, 6.45) is 0.206. The van der Waals surface area contributed by atoms with E-state index in [1.165, 1.54) is 19.2 Å². The van der Waals surface area contributed by atoms with E-state index in [-0.39, 0.29) is 40.9 Å². The number of aromatic amines is 1. The molecular weight excluding hydrogens is 622 g/mol. The molecule has 3 aromatic rings. The molecule has 1 unspecified atom stereocenters. The van der Waals surface area contributed by atoms with E-state index < -0.39 is 36.9 Å². The predicted octanol–water partition coefficient (Wildman–Crippen LogP) is 3.94. The number of amides is 4. The molecular formula is C33H39N7O8. The van der Waals surface area contributed by atoms with Gasteiger partial charge in [-0.1, -0.05) is 36.4 Å². The summed E-state index contributed by atoms with van der Waals surface area (Å²) in [5.41, 5.74) is 2.58. The Morgan fingerprint density at radius 2 is 1.65 bits per heavy atom. The maximum absolute atomic E-state index is 13.8. The normalized spacial score (nSPS) is 11.5. The van der Waals surface area contributed by atoms with Gasteiger partial charge in [0.2, 0.25) is 6.79 Å². The van der Waals surface area contributed by atoms with Crippen molar-refractivity contribution in [1.82, 2.24) is 20.9 Å². The van der Waals surface area contributed by atoms with Crippen molar-refractivity contribution in [2.24, 2.45) is 4.99 Å². The zero-order valence-electron chi connectivity index (χ0n) is 27.3. The van der Waals surface area contributed by atoms with Crippen molar-refractivity contribution in [2.75, 3.05) is 24.8 Å². The first-order chi connectivity index (χ1) is 23.0. The molecule has 15 nitrogen and oxygen atoms in total. The van der Waals surface area contributed by atoms with E-state index in [4.69, 9.17) is 19.6 Å². The molecule has 0 aliphatic heterocycles. The molecule has 0 saturated heterocycles. The maximum Gasteiger partial charge on any atom is 0.423 e. The van der Waals surface area contributed by atoms with Crippen molar-refractivity contribution in [1.29, 1.82) is 5.41 Å². The Hall–Kier alpha value is -5.99. The average molecular weight is 662 g/mol. The van der Waals surface area contributed by atoms with Gasteiger partial charge in [0.1, 0.15) is 19.0 Å². The molecule has 0 saturated carbocycles. The highest BCUT2D eigenvalue weighted by Gasteiger charge is 2.30. The third-order valence-electron chi connectivity index (χ3n) is 6.86. The fourth-order valence-corrected chi connectivity index (χ4v) is 4.40. The first-order valence-corrected chi connectivity index (χ1v) is 15.0. The number of aromatic nitrogens is 1. The third kappa shape index (κ3) is 9.51. The number of aryl methyl sites for hydroxylation is 1. The van der Waals surface area contributed by atoms with E-state index in [0.29, 0.717) is 30.6 Å². The highest BCUT2D eigenvalue weighted by molar-refractivity contribution is 6.24. The number of ether oxygens (including phenoxy) is 3. The van der Waals surface area contributed by atoms with E-state index in [1.54, 1.807) is 64.1 Å². The minimum atomic E-state index is -1.15. The summed E-state index contributed by atoms with van der Waals surface area (Å²) in [6, 6.07) is 12.5. The van der Waals surface area contributed by atoms with Crippen LogP contribution in [0.25, 0.3) is 0 Å². The zero-order chi connectivity index (χ0) is 35.2. The second kappa shape index (κ2) is 17.6. The number of hydrogen-bond acceptors (Lipinski definition) is 9. The Labute approximate surface area is 277 Å². The summed E-state index contributed by atoms with van der Waals surface area (Å²) >= 11 is 0. The van der Waals surface area contributed by atoms with E-state index >= 15 is 0 Å². The molecule has 15 heteroatoms. The lowest BCUT2D eigenvalue weighted by Crippen LogP contribution is -2.42. The van der Waals surface area contributed by atoms with Crippen LogP contribution in [-0.4, -0.2) is 73.1 Å². The quantitative estimate of drug-likeness (QED) is 0.0783. The molecule has 0 bridgehead atoms. The Balaban J connectivity index is 1.85. The molecule has 5 N–H and O–H groups in total. The van der Waals surface area contributed by atoms with Crippen LogP contribution < -0.4 is 20.9 Å². The van der Waals surface area contributed by atoms with Crippen LogP contribution in [0, 0.1) is 19.3 Å². The largest absolute Gasteiger partial charge is 0.445 e. The molecule has 1 atom stereocenters. The predicted molar refractivity (Wildman–Crippen MR) is 177 cm³/mol. The minimum Gasteiger partial charge on any atom is -0.445 e. The Bertz CT molecular complexity index is 1670. The van der Waals surface area contributed by atoms with Crippen LogP contribution in [-0.2, 0) is 25.6 Å². The summed E-state index contributed by atoms with van der Waals surface area (Å²) in [5, 5.41) is 15.5. The fourth-order valence-electron chi connectivity index (χ4n) is 4.40. The highest BCUT2D eigenvalue weighted by atomic mass is 16.7. The van der Waals surface area contributed by atoms with Crippen LogP contribution in [0.2, 0.25) is 0 Å². The minimum absolute atomic E-state index is 0.00665. The number of benzene rings is 2. The molecule has 0 aliphatic carbocycles. The van der Waals surface area contributed by atoms with Crippen LogP contribution in [0.4, 0.5) is 15.3 Å². The van der Waals surface area contributed by atoms with Crippen molar-refractivity contribution in [3.05, 3.63) is 88.2 Å². The summed E-state index contributed by atoms with van der Waals surface area (Å²) in [5.74, 6) is -1.82. The van der Waals surface area contributed by atoms with E-state index in [9.17, 15) is 24.0 Å². The number of anilines is 1. The lowest BCUT2D eigenvalue weighted by Gasteiger charge is -2.25. The molecule has 3 rings (SSSR count). The molecule has 0 aliphatic rings. The van der Waals surface area contributed by atoms with Gasteiger partial charge in [0.25, 0.3) is 11.8 Å². The second-order valence-corrected chi connectivity index (χ2v) is 10.3. The van der Waals surface area contributed by atoms with Crippen LogP contribution in [0.15, 0.2) is 59.7 Å². The number of alkyl carbamates (subject to hydrolysis) is 1. The van der Waals surface area contributed by atoms with Crippen molar-refractivity contribution in [3.8, 4) is 0 Å². The van der Waals surface area contributed by atoms with E-state index in [0.717, 1.165) is 10.5 Å². The molecule has 0 fully saturated rings. The Morgan fingerprint density at radius 3 is 2.31 bits per heavy atom. The van der Waals surface area contributed by atoms with Gasteiger partial charge in [-0.15, -0.1) is 0 Å². The van der Waals surface area contributed by atoms with Gasteiger partial charge in [0, 0.05) is 24.8 Å². The summed E-state index contributed by atoms with van der Waals surface area (Å²) in [7, 11) is 0. The number of hydrogen-bond donors (Lipinski definition) is 5. The van der Waals surface area contributed by atoms with Crippen molar-refractivity contribution < 1.29 is 38.2 Å². The van der Waals surface area contributed by atoms with Crippen molar-refractivity contribution in [3.63, 3.8) is 0 Å². The van der Waals surface area contributed by atoms with Crippen LogP contribution in [0.5, 0.6) is 0 Å². The number of H-pyrrole nitrogens is 1. The van der Waals surface area contributed by atoms with E-state index in [1.807, 2.05) is 6.07 Å². The van der Waals surface area contributed by atoms with Gasteiger partial charge in [-0.05, 0) is 63.4 Å². The summed E-state index contributed by atoms with van der Waals surface area (Å²) < 4.78 is 15.5. The molecule has 48 heavy (non-hydrogen) atoms. The molecule has 1 aromatic heterocycles. The van der Waals surface area contributed by atoms with Crippen molar-refractivity contribution in [2.45, 2.75) is 47.3 Å². The number of aliphatic imine (C=N–C) groups is 1. The van der Waals surface area contributed by atoms with Gasteiger partial charge in [0.15, 0.2) is 5.84 Å². The highest BCUT2D eigenvalue weighted by Crippen LogP contribution is 2.27. The topological polar surface area (TPSA) is 204 Å². The van der Waals surface area contributed by atoms with Crippen LogP contribution >= 0.6 is 0 Å². The van der Waals surface area contributed by atoms with Gasteiger partial charge in [-0.3, -0.25) is 15.0 Å². The molecule has 0 spiro atoms. The smallest absolute Gasteiger partial charge is 0.423 e. The first kappa shape index (κ1) is 36.5. The van der Waals surface area contributed by atoms with Gasteiger partial charge in [0.05, 0.1) is 16.9 Å². The summed E-state index contributed by atoms with van der Waals surface area (Å²) in [4.78, 5) is 71.9. The molecule has 254 valence electrons. The van der Waals surface area contributed by atoms with Crippen LogP contribution in [0.1, 0.15) is 63.9 Å². The second-order valence-electron chi connectivity index (χ2n) is 10.3. The van der Waals surface area contributed by atoms with Gasteiger partial charge >= 0.3 is 18.2 Å². The summed E-state index contributed by atoms with van der Waals surface area (Å²) in [6.45, 7) is 8.10. The standard InChI is InChI=1S/C33H39N7O8/c1-6-35-29(41)24-14-13-20(3)26(15-24)40(28(38-18-34)27-21(4)25(16-37-27)30(42)36-7-2)33(45)48-19-47-31(43)22(5)39-32(44)46-17-23-11-9-8-10-12-23/h8-16,18,22,34,37H,6-7,17,19H2,1-5H3,(H,35,41)(H,36,42)(H,39,44). The average Bonchev–Trinajstić information content (AvgIpc) is 3.45. The Kier molecular flexibility index (Phi) is 13.4. The van der Waals surface area contributed by atoms with E-state index in [2.05, 4.69) is 25.9 Å². The number of carbonyl (C=O) groups excluding carboxylic acids is 5. The van der Waals surface area contributed by atoms with Gasteiger partial charge in [-0.25, -0.2) is 24.3 Å². The number of carbonyl (C=O) groups is 5. The monoisotopic (exact) mass is 661 g/mol. The SMILES string of the molecule is CCNC(=O)c1ccc(C)c(N(C(=O)OCOC(=O)C(C)NC(=O)OCc2ccccc2)C(=NC=N)c2[nH]cc(C(=O)NCC)c2C)c1. The first-order valence-electron chi connectivity index (χ1n) is 15.0.